The Morgan fingerprint density at radius 3 is 2.23 bits per heavy atom. The third kappa shape index (κ3) is 6.71. The predicted molar refractivity (Wildman–Crippen MR) is 140 cm³/mol. The molecule has 2 N–H and O–H groups in total. The van der Waals surface area contributed by atoms with Gasteiger partial charge in [-0.1, -0.05) is 60.7 Å². The highest BCUT2D eigenvalue weighted by Crippen LogP contribution is 2.20. The van der Waals surface area contributed by atoms with Crippen LogP contribution in [0, 0.1) is 0 Å². The van der Waals surface area contributed by atoms with Crippen LogP contribution in [0.15, 0.2) is 109 Å². The second-order valence-corrected chi connectivity index (χ2v) is 7.98. The van der Waals surface area contributed by atoms with Gasteiger partial charge in [0.2, 0.25) is 5.91 Å². The summed E-state index contributed by atoms with van der Waals surface area (Å²) in [6, 6.07) is 33.8. The van der Waals surface area contributed by atoms with Crippen molar-refractivity contribution < 1.29 is 14.3 Å². The molecule has 0 aliphatic rings. The molecular formula is C29H27N3O3. The van der Waals surface area contributed by atoms with Gasteiger partial charge in [0.1, 0.15) is 12.4 Å². The monoisotopic (exact) mass is 465 g/mol. The van der Waals surface area contributed by atoms with Gasteiger partial charge >= 0.3 is 0 Å². The van der Waals surface area contributed by atoms with Crippen LogP contribution in [0.4, 0.5) is 17.1 Å². The number of nitrogens with one attached hydrogen (secondary N) is 2. The number of carbonyl (C=O) groups excluding carboxylic acids is 2. The number of anilines is 3. The molecule has 0 radical (unpaired) electrons. The number of ether oxygens (including phenoxy) is 1. The average molecular weight is 466 g/mol. The van der Waals surface area contributed by atoms with Crippen LogP contribution in [0.3, 0.4) is 0 Å². The summed E-state index contributed by atoms with van der Waals surface area (Å²) in [4.78, 5) is 27.0. The first-order chi connectivity index (χ1) is 17.1. The van der Waals surface area contributed by atoms with Gasteiger partial charge in [-0.25, -0.2) is 0 Å². The highest BCUT2D eigenvalue weighted by atomic mass is 16.5. The summed E-state index contributed by atoms with van der Waals surface area (Å²) in [6.07, 6.45) is 0. The Hall–Kier alpha value is -4.58. The summed E-state index contributed by atoms with van der Waals surface area (Å²) in [5, 5.41) is 5.96. The van der Waals surface area contributed by atoms with E-state index in [0.717, 1.165) is 11.3 Å². The molecule has 0 fully saturated rings. The fourth-order valence-corrected chi connectivity index (χ4v) is 3.52. The van der Waals surface area contributed by atoms with Crippen molar-refractivity contribution in [3.8, 4) is 5.75 Å². The summed E-state index contributed by atoms with van der Waals surface area (Å²) < 4.78 is 5.83. The molecule has 0 spiro atoms. The van der Waals surface area contributed by atoms with E-state index in [1.165, 1.54) is 0 Å². The molecule has 0 saturated carbocycles. The van der Waals surface area contributed by atoms with Crippen LogP contribution in [-0.2, 0) is 11.4 Å². The van der Waals surface area contributed by atoms with Crippen molar-refractivity contribution >= 4 is 28.9 Å². The highest BCUT2D eigenvalue weighted by molar-refractivity contribution is 6.06. The van der Waals surface area contributed by atoms with Crippen LogP contribution in [0.2, 0.25) is 0 Å². The number of rotatable bonds is 9. The Morgan fingerprint density at radius 1 is 0.771 bits per heavy atom. The molecule has 35 heavy (non-hydrogen) atoms. The predicted octanol–water partition coefficient (Wildman–Crippen LogP) is 5.59. The fraction of sp³-hybridized carbons (Fsp3) is 0.103. The number of para-hydroxylation sites is 1. The lowest BCUT2D eigenvalue weighted by molar-refractivity contribution is -0.114. The van der Waals surface area contributed by atoms with Gasteiger partial charge in [0.05, 0.1) is 6.54 Å². The molecule has 6 heteroatoms. The van der Waals surface area contributed by atoms with Gasteiger partial charge in [-0.2, -0.15) is 0 Å². The van der Waals surface area contributed by atoms with Crippen LogP contribution in [0.25, 0.3) is 0 Å². The van der Waals surface area contributed by atoms with E-state index in [4.69, 9.17) is 4.74 Å². The zero-order valence-corrected chi connectivity index (χ0v) is 19.5. The first-order valence-electron chi connectivity index (χ1n) is 11.3. The van der Waals surface area contributed by atoms with E-state index in [1.54, 1.807) is 36.2 Å². The minimum absolute atomic E-state index is 0.0568. The second-order valence-electron chi connectivity index (χ2n) is 7.98. The first-order valence-corrected chi connectivity index (χ1v) is 11.3. The van der Waals surface area contributed by atoms with Gasteiger partial charge in [-0.05, 0) is 48.0 Å². The minimum atomic E-state index is -0.205. The van der Waals surface area contributed by atoms with Crippen LogP contribution >= 0.6 is 0 Å². The standard InChI is InChI=1S/C29H27N3O3/c1-32(26-15-6-3-7-16-26)29(34)23-12-8-13-24(18-23)30-20-28(33)31-25-14-9-17-27(19-25)35-21-22-10-4-2-5-11-22/h2-19,30H,20-21H2,1H3,(H,31,33). The van der Waals surface area contributed by atoms with Gasteiger partial charge in [-0.3, -0.25) is 9.59 Å². The van der Waals surface area contributed by atoms with Gasteiger partial charge in [0.25, 0.3) is 5.91 Å². The molecule has 0 aliphatic heterocycles. The van der Waals surface area contributed by atoms with E-state index in [1.807, 2.05) is 84.9 Å². The second kappa shape index (κ2) is 11.5. The normalized spacial score (nSPS) is 10.3. The van der Waals surface area contributed by atoms with Crippen LogP contribution in [-0.4, -0.2) is 25.4 Å². The summed E-state index contributed by atoms with van der Waals surface area (Å²) in [7, 11) is 1.74. The molecule has 2 amide bonds. The quantitative estimate of drug-likeness (QED) is 0.338. The van der Waals surface area contributed by atoms with Crippen molar-refractivity contribution in [1.82, 2.24) is 0 Å². The fourth-order valence-electron chi connectivity index (χ4n) is 3.52. The molecule has 4 rings (SSSR count). The SMILES string of the molecule is CN(C(=O)c1cccc(NCC(=O)Nc2cccc(OCc3ccccc3)c2)c1)c1ccccc1. The van der Waals surface area contributed by atoms with Gasteiger partial charge in [-0.15, -0.1) is 0 Å². The first kappa shape index (κ1) is 23.6. The Balaban J connectivity index is 1.31. The van der Waals surface area contributed by atoms with Crippen LogP contribution in [0.1, 0.15) is 15.9 Å². The summed E-state index contributed by atoms with van der Waals surface area (Å²) in [6.45, 7) is 0.510. The van der Waals surface area contributed by atoms with E-state index >= 15 is 0 Å². The summed E-state index contributed by atoms with van der Waals surface area (Å²) in [5.41, 5.74) is 3.75. The molecule has 6 nitrogen and oxygen atoms in total. The third-order valence-corrected chi connectivity index (χ3v) is 5.38. The molecule has 176 valence electrons. The van der Waals surface area contributed by atoms with Crippen molar-refractivity contribution in [2.75, 3.05) is 29.1 Å². The lowest BCUT2D eigenvalue weighted by atomic mass is 10.1. The third-order valence-electron chi connectivity index (χ3n) is 5.38. The number of carbonyl (C=O) groups is 2. The summed E-state index contributed by atoms with van der Waals surface area (Å²) >= 11 is 0. The maximum Gasteiger partial charge on any atom is 0.258 e. The Labute approximate surface area is 205 Å². The number of nitrogens with zero attached hydrogens (tertiary/aromatic N) is 1. The highest BCUT2D eigenvalue weighted by Gasteiger charge is 2.14. The van der Waals surface area contributed by atoms with Crippen LogP contribution < -0.4 is 20.3 Å². The lowest BCUT2D eigenvalue weighted by Gasteiger charge is -2.18. The molecule has 0 heterocycles. The van der Waals surface area contributed by atoms with Crippen molar-refractivity contribution in [3.05, 3.63) is 120 Å². The summed E-state index contributed by atoms with van der Waals surface area (Å²) in [5.74, 6) is 0.341. The van der Waals surface area contributed by atoms with E-state index in [9.17, 15) is 9.59 Å². The molecule has 0 aliphatic carbocycles. The average Bonchev–Trinajstić information content (AvgIpc) is 2.91. The van der Waals surface area contributed by atoms with E-state index in [0.29, 0.717) is 29.3 Å². The maximum atomic E-state index is 12.9. The van der Waals surface area contributed by atoms with Gasteiger partial charge in [0, 0.05) is 35.7 Å². The molecule has 4 aromatic rings. The van der Waals surface area contributed by atoms with Crippen LogP contribution in [0.5, 0.6) is 5.75 Å². The largest absolute Gasteiger partial charge is 0.489 e. The Kier molecular flexibility index (Phi) is 7.76. The van der Waals surface area contributed by atoms with Crippen molar-refractivity contribution in [1.29, 1.82) is 0 Å². The molecule has 4 aromatic carbocycles. The zero-order chi connectivity index (χ0) is 24.5. The van der Waals surface area contributed by atoms with Crippen molar-refractivity contribution in [3.63, 3.8) is 0 Å². The molecule has 0 atom stereocenters. The lowest BCUT2D eigenvalue weighted by Crippen LogP contribution is -2.26. The van der Waals surface area contributed by atoms with Crippen molar-refractivity contribution in [2.24, 2.45) is 0 Å². The molecule has 0 bridgehead atoms. The van der Waals surface area contributed by atoms with Gasteiger partial charge in [0.15, 0.2) is 0 Å². The van der Waals surface area contributed by atoms with Gasteiger partial charge < -0.3 is 20.3 Å². The topological polar surface area (TPSA) is 70.7 Å². The number of hydrogen-bond acceptors (Lipinski definition) is 4. The number of hydrogen-bond donors (Lipinski definition) is 2. The maximum absolute atomic E-state index is 12.9. The van der Waals surface area contributed by atoms with Crippen molar-refractivity contribution in [2.45, 2.75) is 6.61 Å². The molecule has 0 aromatic heterocycles. The van der Waals surface area contributed by atoms with E-state index < -0.39 is 0 Å². The van der Waals surface area contributed by atoms with E-state index in [-0.39, 0.29) is 18.4 Å². The zero-order valence-electron chi connectivity index (χ0n) is 19.5. The number of amides is 2. The number of benzene rings is 4. The Morgan fingerprint density at radius 2 is 1.46 bits per heavy atom. The van der Waals surface area contributed by atoms with E-state index in [2.05, 4.69) is 10.6 Å². The molecule has 0 unspecified atom stereocenters. The molecular weight excluding hydrogens is 438 g/mol. The molecule has 0 saturated heterocycles. The minimum Gasteiger partial charge on any atom is -0.489 e. The smallest absolute Gasteiger partial charge is 0.258 e. The Bertz CT molecular complexity index is 1280.